The number of rotatable bonds is 0. The van der Waals surface area contributed by atoms with Crippen LogP contribution in [0.2, 0.25) is 0 Å². The van der Waals surface area contributed by atoms with Gasteiger partial charge in [0.15, 0.2) is 0 Å². The highest BCUT2D eigenvalue weighted by molar-refractivity contribution is 9.10. The van der Waals surface area contributed by atoms with Crippen molar-refractivity contribution in [1.29, 1.82) is 0 Å². The predicted molar refractivity (Wildman–Crippen MR) is 34.5 cm³/mol. The predicted octanol–water partition coefficient (Wildman–Crippen LogP) is 1.55. The number of hydrogen-bond acceptors (Lipinski definition) is 2. The smallest absolute Gasteiger partial charge is 0.131 e. The maximum Gasteiger partial charge on any atom is 0.131 e. The van der Waals surface area contributed by atoms with Gasteiger partial charge in [-0.05, 0) is 34.5 Å². The molecule has 0 atom stereocenters. The Kier molecular flexibility index (Phi) is 1.58. The summed E-state index contributed by atoms with van der Waals surface area (Å²) in [6.45, 7) is 1.97. The van der Waals surface area contributed by atoms with Crippen LogP contribution in [0.25, 0.3) is 0 Å². The standard InChI is InChI=1S/C5H5BrN2/c1-4-2-3-7-8-5(4)6/h2-3H,1H3. The molecular weight excluding hydrogens is 168 g/mol. The molecule has 0 radical (unpaired) electrons. The molecule has 0 bridgehead atoms. The summed E-state index contributed by atoms with van der Waals surface area (Å²) in [7, 11) is 0. The Morgan fingerprint density at radius 2 is 2.38 bits per heavy atom. The zero-order valence-corrected chi connectivity index (χ0v) is 6.01. The molecule has 42 valence electrons. The Labute approximate surface area is 56.1 Å². The van der Waals surface area contributed by atoms with Gasteiger partial charge in [-0.25, -0.2) is 0 Å². The molecule has 0 N–H and O–H groups in total. The fourth-order valence-electron chi connectivity index (χ4n) is 0.377. The highest BCUT2D eigenvalue weighted by Gasteiger charge is 1.89. The van der Waals surface area contributed by atoms with Crippen molar-refractivity contribution < 1.29 is 0 Å². The number of aryl methyl sites for hydroxylation is 1. The van der Waals surface area contributed by atoms with Crippen LogP contribution in [0, 0.1) is 6.92 Å². The summed E-state index contributed by atoms with van der Waals surface area (Å²) in [6.07, 6.45) is 1.67. The van der Waals surface area contributed by atoms with E-state index < -0.39 is 0 Å². The van der Waals surface area contributed by atoms with Crippen LogP contribution in [0.4, 0.5) is 0 Å². The first-order valence-corrected chi connectivity index (χ1v) is 3.04. The van der Waals surface area contributed by atoms with Crippen molar-refractivity contribution in [3.05, 3.63) is 22.4 Å². The second-order valence-corrected chi connectivity index (χ2v) is 2.26. The number of hydrogen-bond donors (Lipinski definition) is 0. The fraction of sp³-hybridized carbons (Fsp3) is 0.200. The minimum Gasteiger partial charge on any atom is -0.158 e. The Morgan fingerprint density at radius 3 is 2.75 bits per heavy atom. The minimum absolute atomic E-state index is 0.819. The highest BCUT2D eigenvalue weighted by atomic mass is 79.9. The van der Waals surface area contributed by atoms with Crippen molar-refractivity contribution in [3.63, 3.8) is 0 Å². The van der Waals surface area contributed by atoms with E-state index in [0.29, 0.717) is 0 Å². The largest absolute Gasteiger partial charge is 0.158 e. The minimum atomic E-state index is 0.819. The van der Waals surface area contributed by atoms with Crippen molar-refractivity contribution in [3.8, 4) is 0 Å². The third-order valence-electron chi connectivity index (χ3n) is 0.862. The van der Waals surface area contributed by atoms with Crippen LogP contribution < -0.4 is 0 Å². The van der Waals surface area contributed by atoms with Gasteiger partial charge in [-0.1, -0.05) is 0 Å². The molecule has 0 unspecified atom stereocenters. The molecule has 1 rings (SSSR count). The van der Waals surface area contributed by atoms with E-state index in [0.717, 1.165) is 10.2 Å². The summed E-state index contributed by atoms with van der Waals surface area (Å²) < 4.78 is 0.819. The highest BCUT2D eigenvalue weighted by Crippen LogP contribution is 2.07. The van der Waals surface area contributed by atoms with Crippen LogP contribution in [0.3, 0.4) is 0 Å². The van der Waals surface area contributed by atoms with Crippen molar-refractivity contribution in [1.82, 2.24) is 10.2 Å². The molecule has 0 aromatic carbocycles. The average molecular weight is 173 g/mol. The van der Waals surface area contributed by atoms with E-state index in [1.807, 2.05) is 13.0 Å². The van der Waals surface area contributed by atoms with Gasteiger partial charge in [0.2, 0.25) is 0 Å². The lowest BCUT2D eigenvalue weighted by Gasteiger charge is -1.89. The molecular formula is C5H5BrN2. The average Bonchev–Trinajstić information content (AvgIpc) is 1.77. The van der Waals surface area contributed by atoms with Crippen LogP contribution in [-0.4, -0.2) is 10.2 Å². The van der Waals surface area contributed by atoms with Crippen LogP contribution >= 0.6 is 15.9 Å². The zero-order chi connectivity index (χ0) is 5.98. The number of aromatic nitrogens is 2. The normalized spacial score (nSPS) is 9.25. The summed E-state index contributed by atoms with van der Waals surface area (Å²) in [5.74, 6) is 0. The molecule has 8 heavy (non-hydrogen) atoms. The van der Waals surface area contributed by atoms with Crippen molar-refractivity contribution in [2.45, 2.75) is 6.92 Å². The Balaban J connectivity index is 3.13. The number of halogens is 1. The molecule has 0 saturated heterocycles. The second kappa shape index (κ2) is 2.22. The lowest BCUT2D eigenvalue weighted by Crippen LogP contribution is -1.82. The van der Waals surface area contributed by atoms with E-state index in [1.165, 1.54) is 0 Å². The molecule has 0 aliphatic heterocycles. The van der Waals surface area contributed by atoms with E-state index in [2.05, 4.69) is 26.1 Å². The monoisotopic (exact) mass is 172 g/mol. The summed E-state index contributed by atoms with van der Waals surface area (Å²) in [5.41, 5.74) is 1.11. The number of nitrogens with zero attached hydrogens (tertiary/aromatic N) is 2. The molecule has 0 amide bonds. The van der Waals surface area contributed by atoms with Crippen LogP contribution in [0.5, 0.6) is 0 Å². The Bertz CT molecular complexity index is 167. The zero-order valence-electron chi connectivity index (χ0n) is 4.43. The van der Waals surface area contributed by atoms with Gasteiger partial charge in [0, 0.05) is 6.20 Å². The third kappa shape index (κ3) is 1.04. The molecule has 0 aliphatic rings. The van der Waals surface area contributed by atoms with Gasteiger partial charge in [0.25, 0.3) is 0 Å². The van der Waals surface area contributed by atoms with Gasteiger partial charge < -0.3 is 0 Å². The van der Waals surface area contributed by atoms with E-state index in [9.17, 15) is 0 Å². The first-order chi connectivity index (χ1) is 3.80. The Morgan fingerprint density at radius 1 is 1.62 bits per heavy atom. The topological polar surface area (TPSA) is 25.8 Å². The lowest BCUT2D eigenvalue weighted by molar-refractivity contribution is 0.986. The van der Waals surface area contributed by atoms with Crippen LogP contribution in [0.15, 0.2) is 16.9 Å². The Hall–Kier alpha value is -0.440. The van der Waals surface area contributed by atoms with E-state index in [1.54, 1.807) is 6.20 Å². The molecule has 0 spiro atoms. The molecule has 1 aromatic heterocycles. The van der Waals surface area contributed by atoms with Crippen LogP contribution in [-0.2, 0) is 0 Å². The molecule has 3 heteroatoms. The van der Waals surface area contributed by atoms with Crippen molar-refractivity contribution >= 4 is 15.9 Å². The molecule has 2 nitrogen and oxygen atoms in total. The maximum atomic E-state index is 3.75. The quantitative estimate of drug-likeness (QED) is 0.594. The van der Waals surface area contributed by atoms with Gasteiger partial charge in [0.1, 0.15) is 4.60 Å². The lowest BCUT2D eigenvalue weighted by atomic mass is 10.4. The van der Waals surface area contributed by atoms with Crippen LogP contribution in [0.1, 0.15) is 5.56 Å². The van der Waals surface area contributed by atoms with E-state index >= 15 is 0 Å². The molecule has 1 heterocycles. The van der Waals surface area contributed by atoms with E-state index in [4.69, 9.17) is 0 Å². The summed E-state index contributed by atoms with van der Waals surface area (Å²) in [4.78, 5) is 0. The van der Waals surface area contributed by atoms with Gasteiger partial charge in [-0.3, -0.25) is 0 Å². The van der Waals surface area contributed by atoms with E-state index in [-0.39, 0.29) is 0 Å². The second-order valence-electron chi connectivity index (χ2n) is 1.51. The molecule has 0 saturated carbocycles. The third-order valence-corrected chi connectivity index (χ3v) is 1.65. The molecule has 0 aliphatic carbocycles. The van der Waals surface area contributed by atoms with Gasteiger partial charge >= 0.3 is 0 Å². The summed E-state index contributed by atoms with van der Waals surface area (Å²) >= 11 is 3.22. The summed E-state index contributed by atoms with van der Waals surface area (Å²) in [5, 5.41) is 7.39. The first kappa shape index (κ1) is 5.69. The maximum absolute atomic E-state index is 3.75. The van der Waals surface area contributed by atoms with Gasteiger partial charge in [0.05, 0.1) is 0 Å². The SMILES string of the molecule is Cc1ccnnc1Br. The van der Waals surface area contributed by atoms with Gasteiger partial charge in [-0.15, -0.1) is 5.10 Å². The van der Waals surface area contributed by atoms with Crippen molar-refractivity contribution in [2.75, 3.05) is 0 Å². The summed E-state index contributed by atoms with van der Waals surface area (Å²) in [6, 6.07) is 1.90. The van der Waals surface area contributed by atoms with Gasteiger partial charge in [-0.2, -0.15) is 5.10 Å². The fourth-order valence-corrected chi connectivity index (χ4v) is 0.601. The molecule has 1 aromatic rings. The first-order valence-electron chi connectivity index (χ1n) is 2.24. The molecule has 0 fully saturated rings. The van der Waals surface area contributed by atoms with Crippen molar-refractivity contribution in [2.24, 2.45) is 0 Å².